The molecule has 0 saturated carbocycles. The minimum atomic E-state index is -0.325. The lowest BCUT2D eigenvalue weighted by molar-refractivity contribution is 0.0530. The first-order valence-corrected chi connectivity index (χ1v) is 7.30. The molecule has 20 heavy (non-hydrogen) atoms. The Bertz CT molecular complexity index is 603. The number of esters is 1. The summed E-state index contributed by atoms with van der Waals surface area (Å²) in [5.74, 6) is 0.527. The predicted molar refractivity (Wildman–Crippen MR) is 78.6 cm³/mol. The van der Waals surface area contributed by atoms with E-state index in [-0.39, 0.29) is 5.97 Å². The van der Waals surface area contributed by atoms with Crippen LogP contribution in [0.2, 0.25) is 0 Å². The van der Waals surface area contributed by atoms with E-state index >= 15 is 0 Å². The van der Waals surface area contributed by atoms with Crippen LogP contribution in [0.15, 0.2) is 6.20 Å². The second kappa shape index (κ2) is 6.04. The molecule has 0 radical (unpaired) electrons. The molecule has 0 saturated heterocycles. The number of ether oxygens (including phenoxy) is 1. The number of carbonyl (C=O) groups is 1. The molecular formula is C13H18N4O2S. The van der Waals surface area contributed by atoms with Crippen LogP contribution in [-0.2, 0) is 11.2 Å². The highest BCUT2D eigenvalue weighted by atomic mass is 32.1. The van der Waals surface area contributed by atoms with E-state index < -0.39 is 0 Å². The van der Waals surface area contributed by atoms with Gasteiger partial charge in [0.25, 0.3) is 0 Å². The van der Waals surface area contributed by atoms with Crippen LogP contribution in [0.1, 0.15) is 36.1 Å². The molecule has 0 aliphatic rings. The van der Waals surface area contributed by atoms with Crippen molar-refractivity contribution in [2.75, 3.05) is 12.3 Å². The van der Waals surface area contributed by atoms with Gasteiger partial charge in [-0.3, -0.25) is 5.10 Å². The molecule has 0 aliphatic heterocycles. The van der Waals surface area contributed by atoms with Gasteiger partial charge in [0.2, 0.25) is 0 Å². The van der Waals surface area contributed by atoms with Crippen molar-refractivity contribution in [3.8, 4) is 10.6 Å². The van der Waals surface area contributed by atoms with Crippen LogP contribution in [0.5, 0.6) is 0 Å². The van der Waals surface area contributed by atoms with Crippen molar-refractivity contribution < 1.29 is 9.53 Å². The van der Waals surface area contributed by atoms with E-state index in [1.807, 2.05) is 0 Å². The standard InChI is InChI=1S/C13H18N4O2S/c1-4-19-13(18)10-9(5-7(2)3)16-12(20-10)8-6-15-17-11(8)14/h6-7H,4-5H2,1-3H3,(H3,14,15,17). The Kier molecular flexibility index (Phi) is 4.39. The number of aromatic nitrogens is 3. The molecule has 6 nitrogen and oxygen atoms in total. The highest BCUT2D eigenvalue weighted by molar-refractivity contribution is 7.17. The maximum atomic E-state index is 12.0. The number of aromatic amines is 1. The van der Waals surface area contributed by atoms with E-state index in [0.717, 1.165) is 17.7 Å². The lowest BCUT2D eigenvalue weighted by Gasteiger charge is -2.04. The van der Waals surface area contributed by atoms with Gasteiger partial charge in [0.1, 0.15) is 15.7 Å². The smallest absolute Gasteiger partial charge is 0.350 e. The Morgan fingerprint density at radius 2 is 2.30 bits per heavy atom. The van der Waals surface area contributed by atoms with Gasteiger partial charge < -0.3 is 10.5 Å². The number of nitrogens with two attached hydrogens (primary N) is 1. The summed E-state index contributed by atoms with van der Waals surface area (Å²) in [6.45, 7) is 6.30. The van der Waals surface area contributed by atoms with E-state index in [1.165, 1.54) is 11.3 Å². The van der Waals surface area contributed by atoms with Crippen LogP contribution in [0.25, 0.3) is 10.6 Å². The van der Waals surface area contributed by atoms with Gasteiger partial charge in [-0.2, -0.15) is 5.10 Å². The van der Waals surface area contributed by atoms with E-state index in [1.54, 1.807) is 13.1 Å². The van der Waals surface area contributed by atoms with Crippen molar-refractivity contribution in [2.24, 2.45) is 5.92 Å². The monoisotopic (exact) mass is 294 g/mol. The molecule has 3 N–H and O–H groups in total. The van der Waals surface area contributed by atoms with E-state index in [9.17, 15) is 4.79 Å². The summed E-state index contributed by atoms with van der Waals surface area (Å²) in [5.41, 5.74) is 7.28. The van der Waals surface area contributed by atoms with Gasteiger partial charge in [0, 0.05) is 0 Å². The molecule has 2 rings (SSSR count). The average Bonchev–Trinajstić information content (AvgIpc) is 2.95. The van der Waals surface area contributed by atoms with Crippen LogP contribution >= 0.6 is 11.3 Å². The minimum absolute atomic E-state index is 0.325. The molecule has 7 heteroatoms. The molecule has 2 aromatic heterocycles. The molecular weight excluding hydrogens is 276 g/mol. The number of nitrogens with one attached hydrogen (secondary N) is 1. The quantitative estimate of drug-likeness (QED) is 0.826. The Balaban J connectivity index is 2.41. The fourth-order valence-electron chi connectivity index (χ4n) is 1.81. The van der Waals surface area contributed by atoms with Crippen LogP contribution in [0.3, 0.4) is 0 Å². The van der Waals surface area contributed by atoms with Crippen LogP contribution < -0.4 is 5.73 Å². The number of rotatable bonds is 5. The molecule has 0 atom stereocenters. The first-order chi connectivity index (χ1) is 9.52. The highest BCUT2D eigenvalue weighted by Crippen LogP contribution is 2.32. The maximum absolute atomic E-state index is 12.0. The number of hydrogen-bond acceptors (Lipinski definition) is 6. The second-order valence-electron chi connectivity index (χ2n) is 4.81. The zero-order valence-corrected chi connectivity index (χ0v) is 12.6. The van der Waals surface area contributed by atoms with Crippen molar-refractivity contribution in [1.82, 2.24) is 15.2 Å². The fraction of sp³-hybridized carbons (Fsp3) is 0.462. The highest BCUT2D eigenvalue weighted by Gasteiger charge is 2.21. The molecule has 2 aromatic rings. The van der Waals surface area contributed by atoms with E-state index in [4.69, 9.17) is 10.5 Å². The number of H-pyrrole nitrogens is 1. The Morgan fingerprint density at radius 1 is 1.55 bits per heavy atom. The maximum Gasteiger partial charge on any atom is 0.350 e. The molecule has 2 heterocycles. The van der Waals surface area contributed by atoms with Crippen molar-refractivity contribution in [3.63, 3.8) is 0 Å². The lowest BCUT2D eigenvalue weighted by Crippen LogP contribution is -2.07. The second-order valence-corrected chi connectivity index (χ2v) is 5.81. The summed E-state index contributed by atoms with van der Waals surface area (Å²) in [5, 5.41) is 7.24. The predicted octanol–water partition coefficient (Wildman–Crippen LogP) is 2.49. The summed E-state index contributed by atoms with van der Waals surface area (Å²) in [6, 6.07) is 0. The van der Waals surface area contributed by atoms with Crippen LogP contribution in [0.4, 0.5) is 5.82 Å². The van der Waals surface area contributed by atoms with E-state index in [0.29, 0.717) is 28.2 Å². The van der Waals surface area contributed by atoms with Gasteiger partial charge in [-0.05, 0) is 19.3 Å². The van der Waals surface area contributed by atoms with Gasteiger partial charge in [-0.1, -0.05) is 13.8 Å². The zero-order valence-electron chi connectivity index (χ0n) is 11.8. The third-order valence-electron chi connectivity index (χ3n) is 2.66. The van der Waals surface area contributed by atoms with Gasteiger partial charge in [-0.25, -0.2) is 9.78 Å². The molecule has 0 bridgehead atoms. The van der Waals surface area contributed by atoms with Crippen LogP contribution in [-0.4, -0.2) is 27.8 Å². The Morgan fingerprint density at radius 3 is 2.85 bits per heavy atom. The van der Waals surface area contributed by atoms with Crippen molar-refractivity contribution in [1.29, 1.82) is 0 Å². The molecule has 108 valence electrons. The number of thiazole rings is 1. The van der Waals surface area contributed by atoms with Gasteiger partial charge in [0.05, 0.1) is 24.1 Å². The third-order valence-corrected chi connectivity index (χ3v) is 3.77. The molecule has 0 unspecified atom stereocenters. The number of nitrogen functional groups attached to an aromatic ring is 1. The number of hydrogen-bond donors (Lipinski definition) is 2. The average molecular weight is 294 g/mol. The number of carbonyl (C=O) groups excluding carboxylic acids is 1. The summed E-state index contributed by atoms with van der Waals surface area (Å²) in [6.07, 6.45) is 2.34. The lowest BCUT2D eigenvalue weighted by atomic mass is 10.1. The largest absolute Gasteiger partial charge is 0.462 e. The Hall–Kier alpha value is -1.89. The van der Waals surface area contributed by atoms with Crippen LogP contribution in [0, 0.1) is 5.92 Å². The number of nitrogens with zero attached hydrogens (tertiary/aromatic N) is 2. The van der Waals surface area contributed by atoms with Crippen molar-refractivity contribution >= 4 is 23.1 Å². The fourth-order valence-corrected chi connectivity index (χ4v) is 2.83. The molecule has 0 aliphatic carbocycles. The third kappa shape index (κ3) is 2.98. The summed E-state index contributed by atoms with van der Waals surface area (Å²) in [7, 11) is 0. The summed E-state index contributed by atoms with van der Waals surface area (Å²) in [4.78, 5) is 17.1. The van der Waals surface area contributed by atoms with Gasteiger partial charge in [0.15, 0.2) is 0 Å². The molecule has 0 fully saturated rings. The molecule has 0 spiro atoms. The normalized spacial score (nSPS) is 11.0. The van der Waals surface area contributed by atoms with Crippen molar-refractivity contribution in [3.05, 3.63) is 16.8 Å². The summed E-state index contributed by atoms with van der Waals surface area (Å²) >= 11 is 1.30. The van der Waals surface area contributed by atoms with Crippen molar-refractivity contribution in [2.45, 2.75) is 27.2 Å². The van der Waals surface area contributed by atoms with Gasteiger partial charge >= 0.3 is 5.97 Å². The molecule has 0 amide bonds. The van der Waals surface area contributed by atoms with E-state index in [2.05, 4.69) is 29.0 Å². The first kappa shape index (κ1) is 14.5. The Labute approximate surface area is 121 Å². The molecule has 0 aromatic carbocycles. The number of anilines is 1. The minimum Gasteiger partial charge on any atom is -0.462 e. The topological polar surface area (TPSA) is 93.9 Å². The summed E-state index contributed by atoms with van der Waals surface area (Å²) < 4.78 is 5.09. The zero-order chi connectivity index (χ0) is 14.7. The SMILES string of the molecule is CCOC(=O)c1sc(-c2cn[nH]c2N)nc1CC(C)C. The van der Waals surface area contributed by atoms with Gasteiger partial charge in [-0.15, -0.1) is 11.3 Å². The first-order valence-electron chi connectivity index (χ1n) is 6.49.